The number of rotatable bonds is 2. The first-order valence-electron chi connectivity index (χ1n) is 4.43. The number of benzene rings is 2. The Balaban J connectivity index is 3.00. The fourth-order valence-electron chi connectivity index (χ4n) is 1.64. The summed E-state index contributed by atoms with van der Waals surface area (Å²) in [5.74, 6) is 0.0688. The molecule has 0 bridgehead atoms. The molecule has 0 saturated heterocycles. The molecule has 0 aromatic heterocycles. The third-order valence-electron chi connectivity index (χ3n) is 2.34. The van der Waals surface area contributed by atoms with Gasteiger partial charge in [-0.05, 0) is 12.1 Å². The molecule has 2 aromatic rings. The minimum Gasteiger partial charge on any atom is -0.507 e. The van der Waals surface area contributed by atoms with Crippen molar-refractivity contribution in [3.8, 4) is 5.75 Å². The van der Waals surface area contributed by atoms with E-state index >= 15 is 0 Å². The molecule has 3 heteroatoms. The summed E-state index contributed by atoms with van der Waals surface area (Å²) >= 11 is 0. The van der Waals surface area contributed by atoms with Crippen LogP contribution in [0, 0.1) is 0 Å². The van der Waals surface area contributed by atoms with Gasteiger partial charge in [-0.3, -0.25) is 9.59 Å². The number of carbonyl (C=O) groups is 2. The van der Waals surface area contributed by atoms with Crippen LogP contribution in [0.5, 0.6) is 5.75 Å². The van der Waals surface area contributed by atoms with E-state index in [1.54, 1.807) is 18.2 Å². The topological polar surface area (TPSA) is 54.4 Å². The summed E-state index contributed by atoms with van der Waals surface area (Å²) in [7, 11) is 0. The maximum atomic E-state index is 10.8. The summed E-state index contributed by atoms with van der Waals surface area (Å²) in [6.45, 7) is 0. The second kappa shape index (κ2) is 3.53. The first-order valence-corrected chi connectivity index (χ1v) is 4.43. The highest BCUT2D eigenvalue weighted by molar-refractivity contribution is 6.08. The maximum absolute atomic E-state index is 10.8. The summed E-state index contributed by atoms with van der Waals surface area (Å²) in [5, 5.41) is 10.6. The van der Waals surface area contributed by atoms with Crippen molar-refractivity contribution in [1.29, 1.82) is 0 Å². The summed E-state index contributed by atoms with van der Waals surface area (Å²) in [5.41, 5.74) is 0.816. The monoisotopic (exact) mass is 200 g/mol. The highest BCUT2D eigenvalue weighted by atomic mass is 16.3. The van der Waals surface area contributed by atoms with Gasteiger partial charge in [0.1, 0.15) is 5.75 Å². The molecule has 0 unspecified atom stereocenters. The smallest absolute Gasteiger partial charge is 0.150 e. The number of fused-ring (bicyclic) bond motifs is 1. The van der Waals surface area contributed by atoms with Crippen molar-refractivity contribution in [3.63, 3.8) is 0 Å². The van der Waals surface area contributed by atoms with Crippen LogP contribution in [0.1, 0.15) is 20.7 Å². The van der Waals surface area contributed by atoms with Gasteiger partial charge < -0.3 is 5.11 Å². The standard InChI is InChI=1S/C12H8O3/c13-6-8-2-1-3-10-11(15)5-4-9(7-14)12(8)10/h1-7,15H. The number of aldehydes is 2. The van der Waals surface area contributed by atoms with Gasteiger partial charge in [0, 0.05) is 21.9 Å². The lowest BCUT2D eigenvalue weighted by Crippen LogP contribution is -1.89. The van der Waals surface area contributed by atoms with Gasteiger partial charge in [-0.15, -0.1) is 0 Å². The zero-order valence-electron chi connectivity index (χ0n) is 7.81. The molecule has 0 fully saturated rings. The molecule has 0 spiro atoms. The van der Waals surface area contributed by atoms with Crippen LogP contribution in [-0.4, -0.2) is 17.7 Å². The van der Waals surface area contributed by atoms with E-state index in [4.69, 9.17) is 0 Å². The van der Waals surface area contributed by atoms with E-state index in [1.807, 2.05) is 0 Å². The molecular formula is C12H8O3. The Morgan fingerprint density at radius 2 is 1.60 bits per heavy atom. The molecule has 0 atom stereocenters. The molecule has 0 aliphatic carbocycles. The van der Waals surface area contributed by atoms with E-state index in [2.05, 4.69) is 0 Å². The molecule has 0 amide bonds. The van der Waals surface area contributed by atoms with Crippen molar-refractivity contribution in [1.82, 2.24) is 0 Å². The number of hydrogen-bond acceptors (Lipinski definition) is 3. The van der Waals surface area contributed by atoms with E-state index in [-0.39, 0.29) is 5.75 Å². The Bertz CT molecular complexity index is 530. The Kier molecular flexibility index (Phi) is 2.21. The SMILES string of the molecule is O=Cc1cccc2c(O)ccc(C=O)c12. The van der Waals surface area contributed by atoms with Crippen LogP contribution in [0.4, 0.5) is 0 Å². The highest BCUT2D eigenvalue weighted by Crippen LogP contribution is 2.28. The molecule has 2 aromatic carbocycles. The van der Waals surface area contributed by atoms with Gasteiger partial charge in [0.15, 0.2) is 12.6 Å². The highest BCUT2D eigenvalue weighted by Gasteiger charge is 2.08. The van der Waals surface area contributed by atoms with Crippen molar-refractivity contribution in [2.45, 2.75) is 0 Å². The third-order valence-corrected chi connectivity index (χ3v) is 2.34. The van der Waals surface area contributed by atoms with Crippen molar-refractivity contribution in [3.05, 3.63) is 41.5 Å². The third kappa shape index (κ3) is 1.38. The fraction of sp³-hybridized carbons (Fsp3) is 0. The summed E-state index contributed by atoms with van der Waals surface area (Å²) < 4.78 is 0. The molecular weight excluding hydrogens is 192 g/mol. The minimum absolute atomic E-state index is 0.0688. The fourth-order valence-corrected chi connectivity index (χ4v) is 1.64. The average molecular weight is 200 g/mol. The second-order valence-electron chi connectivity index (χ2n) is 3.18. The number of phenols is 1. The average Bonchev–Trinajstić information content (AvgIpc) is 2.29. The quantitative estimate of drug-likeness (QED) is 0.756. The predicted octanol–water partition coefficient (Wildman–Crippen LogP) is 2.17. The Hall–Kier alpha value is -2.16. The van der Waals surface area contributed by atoms with Gasteiger partial charge in [-0.2, -0.15) is 0 Å². The first-order chi connectivity index (χ1) is 7.27. The van der Waals surface area contributed by atoms with Crippen LogP contribution in [-0.2, 0) is 0 Å². The summed E-state index contributed by atoms with van der Waals surface area (Å²) in [6.07, 6.45) is 1.35. The number of hydrogen-bond donors (Lipinski definition) is 1. The van der Waals surface area contributed by atoms with Crippen LogP contribution in [0.3, 0.4) is 0 Å². The van der Waals surface area contributed by atoms with E-state index in [0.29, 0.717) is 34.5 Å². The summed E-state index contributed by atoms with van der Waals surface area (Å²) in [6, 6.07) is 7.89. The summed E-state index contributed by atoms with van der Waals surface area (Å²) in [4.78, 5) is 21.6. The van der Waals surface area contributed by atoms with Gasteiger partial charge >= 0.3 is 0 Å². The predicted molar refractivity (Wildman–Crippen MR) is 56.4 cm³/mol. The molecule has 1 N–H and O–H groups in total. The molecule has 0 heterocycles. The van der Waals surface area contributed by atoms with E-state index in [9.17, 15) is 14.7 Å². The van der Waals surface area contributed by atoms with Gasteiger partial charge in [-0.25, -0.2) is 0 Å². The maximum Gasteiger partial charge on any atom is 0.150 e. The first kappa shape index (κ1) is 9.40. The number of phenolic OH excluding ortho intramolecular Hbond substituents is 1. The lowest BCUT2D eigenvalue weighted by Gasteiger charge is -2.05. The Morgan fingerprint density at radius 3 is 2.27 bits per heavy atom. The lowest BCUT2D eigenvalue weighted by molar-refractivity contribution is 0.112. The van der Waals surface area contributed by atoms with Gasteiger partial charge in [-0.1, -0.05) is 18.2 Å². The Labute approximate surface area is 86.0 Å². The largest absolute Gasteiger partial charge is 0.507 e. The van der Waals surface area contributed by atoms with Crippen LogP contribution in [0.15, 0.2) is 30.3 Å². The van der Waals surface area contributed by atoms with Crippen molar-refractivity contribution in [2.75, 3.05) is 0 Å². The van der Waals surface area contributed by atoms with Crippen molar-refractivity contribution < 1.29 is 14.7 Å². The molecule has 2 rings (SSSR count). The second-order valence-corrected chi connectivity index (χ2v) is 3.18. The van der Waals surface area contributed by atoms with Crippen molar-refractivity contribution >= 4 is 23.3 Å². The van der Waals surface area contributed by atoms with Crippen LogP contribution >= 0.6 is 0 Å². The molecule has 3 nitrogen and oxygen atoms in total. The van der Waals surface area contributed by atoms with E-state index < -0.39 is 0 Å². The minimum atomic E-state index is 0.0688. The molecule has 0 saturated carbocycles. The van der Waals surface area contributed by atoms with Crippen LogP contribution in [0.25, 0.3) is 10.8 Å². The zero-order chi connectivity index (χ0) is 10.8. The zero-order valence-corrected chi connectivity index (χ0v) is 7.81. The van der Waals surface area contributed by atoms with Crippen molar-refractivity contribution in [2.24, 2.45) is 0 Å². The van der Waals surface area contributed by atoms with Crippen LogP contribution < -0.4 is 0 Å². The van der Waals surface area contributed by atoms with E-state index in [0.717, 1.165) is 0 Å². The van der Waals surface area contributed by atoms with Crippen LogP contribution in [0.2, 0.25) is 0 Å². The lowest BCUT2D eigenvalue weighted by atomic mass is 10.00. The van der Waals surface area contributed by atoms with Gasteiger partial charge in [0.2, 0.25) is 0 Å². The van der Waals surface area contributed by atoms with Gasteiger partial charge in [0.05, 0.1) is 0 Å². The molecule has 0 radical (unpaired) electrons. The molecule has 0 aliphatic heterocycles. The normalized spacial score (nSPS) is 10.1. The number of aromatic hydroxyl groups is 1. The molecule has 15 heavy (non-hydrogen) atoms. The molecule has 0 aliphatic rings. The molecule has 74 valence electrons. The Morgan fingerprint density at radius 1 is 0.933 bits per heavy atom. The van der Waals surface area contributed by atoms with Gasteiger partial charge in [0.25, 0.3) is 0 Å². The van der Waals surface area contributed by atoms with E-state index in [1.165, 1.54) is 12.1 Å². The number of carbonyl (C=O) groups excluding carboxylic acids is 2.